The molecule has 3 aromatic rings. The maximum absolute atomic E-state index is 6.20. The Kier molecular flexibility index (Phi) is 4.74. The van der Waals surface area contributed by atoms with Crippen molar-refractivity contribution in [2.24, 2.45) is 5.10 Å². The number of nitrogens with one attached hydrogen (secondary N) is 1. The van der Waals surface area contributed by atoms with Crippen molar-refractivity contribution in [1.82, 2.24) is 4.98 Å². The highest BCUT2D eigenvalue weighted by atomic mass is 35.5. The van der Waals surface area contributed by atoms with E-state index in [0.29, 0.717) is 5.02 Å². The first kappa shape index (κ1) is 15.7. The summed E-state index contributed by atoms with van der Waals surface area (Å²) in [6, 6.07) is 13.9. The molecular weight excluding hydrogens is 326 g/mol. The molecule has 1 heterocycles. The van der Waals surface area contributed by atoms with E-state index >= 15 is 0 Å². The van der Waals surface area contributed by atoms with E-state index in [2.05, 4.69) is 35.4 Å². The fourth-order valence-corrected chi connectivity index (χ4v) is 3.08. The first-order valence-corrected chi connectivity index (χ1v) is 8.46. The number of thiazole rings is 1. The summed E-state index contributed by atoms with van der Waals surface area (Å²) < 4.78 is 0. The fraction of sp³-hybridized carbons (Fsp3) is 0.111. The van der Waals surface area contributed by atoms with Crippen LogP contribution in [0.5, 0.6) is 0 Å². The van der Waals surface area contributed by atoms with Crippen molar-refractivity contribution in [2.45, 2.75) is 13.8 Å². The molecule has 0 fully saturated rings. The summed E-state index contributed by atoms with van der Waals surface area (Å²) in [5.41, 5.74) is 8.34. The topological polar surface area (TPSA) is 37.3 Å². The monoisotopic (exact) mass is 341 g/mol. The molecule has 0 atom stereocenters. The van der Waals surface area contributed by atoms with Gasteiger partial charge < -0.3 is 0 Å². The molecule has 0 saturated heterocycles. The predicted octanol–water partition coefficient (Wildman–Crippen LogP) is 5.53. The molecule has 3 rings (SSSR count). The lowest BCUT2D eigenvalue weighted by atomic mass is 10.0. The van der Waals surface area contributed by atoms with Gasteiger partial charge in [0.15, 0.2) is 0 Å². The third-order valence-corrected chi connectivity index (χ3v) is 4.74. The Morgan fingerprint density at radius 2 is 1.96 bits per heavy atom. The SMILES string of the molecule is Cc1cccc(/C=N/Nc2nc(-c3ccccc3Cl)cs2)c1C. The lowest BCUT2D eigenvalue weighted by molar-refractivity contribution is 1.28. The summed E-state index contributed by atoms with van der Waals surface area (Å²) in [6.45, 7) is 4.19. The highest BCUT2D eigenvalue weighted by Crippen LogP contribution is 2.30. The van der Waals surface area contributed by atoms with Crippen LogP contribution in [0.15, 0.2) is 52.9 Å². The van der Waals surface area contributed by atoms with Crippen molar-refractivity contribution in [1.29, 1.82) is 0 Å². The van der Waals surface area contributed by atoms with Crippen LogP contribution in [0, 0.1) is 13.8 Å². The smallest absolute Gasteiger partial charge is 0.203 e. The molecule has 0 amide bonds. The summed E-state index contributed by atoms with van der Waals surface area (Å²) in [6.07, 6.45) is 1.82. The Labute approximate surface area is 144 Å². The van der Waals surface area contributed by atoms with E-state index in [1.165, 1.54) is 22.5 Å². The number of anilines is 1. The van der Waals surface area contributed by atoms with Crippen LogP contribution in [-0.4, -0.2) is 11.2 Å². The minimum Gasteiger partial charge on any atom is -0.253 e. The summed E-state index contributed by atoms with van der Waals surface area (Å²) in [4.78, 5) is 4.52. The van der Waals surface area contributed by atoms with Crippen LogP contribution < -0.4 is 5.43 Å². The van der Waals surface area contributed by atoms with E-state index in [0.717, 1.165) is 22.0 Å². The highest BCUT2D eigenvalue weighted by Gasteiger charge is 2.07. The molecule has 23 heavy (non-hydrogen) atoms. The third kappa shape index (κ3) is 3.60. The quantitative estimate of drug-likeness (QED) is 0.500. The van der Waals surface area contributed by atoms with Crippen LogP contribution in [0.4, 0.5) is 5.13 Å². The number of rotatable bonds is 4. The molecule has 0 unspecified atom stereocenters. The average molecular weight is 342 g/mol. The minimum absolute atomic E-state index is 0.697. The maximum Gasteiger partial charge on any atom is 0.203 e. The van der Waals surface area contributed by atoms with Gasteiger partial charge in [-0.05, 0) is 36.6 Å². The van der Waals surface area contributed by atoms with E-state index in [9.17, 15) is 0 Å². The average Bonchev–Trinajstić information content (AvgIpc) is 3.00. The van der Waals surface area contributed by atoms with Gasteiger partial charge in [0.1, 0.15) is 0 Å². The summed E-state index contributed by atoms with van der Waals surface area (Å²) >= 11 is 7.70. The van der Waals surface area contributed by atoms with Crippen LogP contribution >= 0.6 is 22.9 Å². The second-order valence-electron chi connectivity index (χ2n) is 5.18. The van der Waals surface area contributed by atoms with Crippen LogP contribution in [0.2, 0.25) is 5.02 Å². The normalized spacial score (nSPS) is 11.1. The number of halogens is 1. The van der Waals surface area contributed by atoms with Gasteiger partial charge in [-0.15, -0.1) is 11.3 Å². The molecule has 0 bridgehead atoms. The molecule has 116 valence electrons. The molecular formula is C18H16ClN3S. The Bertz CT molecular complexity index is 855. The zero-order valence-corrected chi connectivity index (χ0v) is 14.4. The molecule has 0 aliphatic carbocycles. The molecule has 3 nitrogen and oxygen atoms in total. The van der Waals surface area contributed by atoms with Crippen molar-refractivity contribution in [3.8, 4) is 11.3 Å². The van der Waals surface area contributed by atoms with Gasteiger partial charge in [0, 0.05) is 16.0 Å². The predicted molar refractivity (Wildman–Crippen MR) is 99.7 cm³/mol. The van der Waals surface area contributed by atoms with Gasteiger partial charge >= 0.3 is 0 Å². The van der Waals surface area contributed by atoms with Crippen molar-refractivity contribution >= 4 is 34.3 Å². The van der Waals surface area contributed by atoms with Gasteiger partial charge in [-0.3, -0.25) is 5.43 Å². The molecule has 0 radical (unpaired) electrons. The van der Waals surface area contributed by atoms with Crippen LogP contribution in [0.1, 0.15) is 16.7 Å². The number of nitrogens with zero attached hydrogens (tertiary/aromatic N) is 2. The minimum atomic E-state index is 0.697. The van der Waals surface area contributed by atoms with Crippen LogP contribution in [-0.2, 0) is 0 Å². The first-order valence-electron chi connectivity index (χ1n) is 7.21. The van der Waals surface area contributed by atoms with Gasteiger partial charge in [-0.1, -0.05) is 48.0 Å². The van der Waals surface area contributed by atoms with Crippen molar-refractivity contribution in [3.05, 3.63) is 69.6 Å². The van der Waals surface area contributed by atoms with E-state index in [1.54, 1.807) is 0 Å². The second-order valence-corrected chi connectivity index (χ2v) is 6.44. The molecule has 0 saturated carbocycles. The number of hydrogen-bond donors (Lipinski definition) is 1. The Hall–Kier alpha value is -2.17. The number of hydrogen-bond acceptors (Lipinski definition) is 4. The summed E-state index contributed by atoms with van der Waals surface area (Å²) in [5, 5.41) is 7.69. The van der Waals surface area contributed by atoms with Crippen LogP contribution in [0.3, 0.4) is 0 Å². The van der Waals surface area contributed by atoms with Crippen molar-refractivity contribution in [2.75, 3.05) is 5.43 Å². The molecule has 5 heteroatoms. The lowest BCUT2D eigenvalue weighted by Gasteiger charge is -2.03. The second kappa shape index (κ2) is 6.94. The first-order chi connectivity index (χ1) is 11.1. The van der Waals surface area contributed by atoms with Gasteiger partial charge in [0.05, 0.1) is 11.9 Å². The molecule has 0 spiro atoms. The van der Waals surface area contributed by atoms with Crippen molar-refractivity contribution < 1.29 is 0 Å². The van der Waals surface area contributed by atoms with Gasteiger partial charge in [-0.2, -0.15) is 5.10 Å². The Morgan fingerprint density at radius 1 is 1.13 bits per heavy atom. The van der Waals surface area contributed by atoms with E-state index in [1.807, 2.05) is 48.0 Å². The number of aromatic nitrogens is 1. The van der Waals surface area contributed by atoms with Crippen molar-refractivity contribution in [3.63, 3.8) is 0 Å². The van der Waals surface area contributed by atoms with Gasteiger partial charge in [0.2, 0.25) is 5.13 Å². The largest absolute Gasteiger partial charge is 0.253 e. The van der Waals surface area contributed by atoms with Crippen LogP contribution in [0.25, 0.3) is 11.3 Å². The third-order valence-electron chi connectivity index (χ3n) is 3.66. The molecule has 1 aromatic heterocycles. The molecule has 0 aliphatic heterocycles. The highest BCUT2D eigenvalue weighted by molar-refractivity contribution is 7.14. The lowest BCUT2D eigenvalue weighted by Crippen LogP contribution is -1.94. The fourth-order valence-electron chi connectivity index (χ4n) is 2.19. The number of benzene rings is 2. The molecule has 2 aromatic carbocycles. The summed E-state index contributed by atoms with van der Waals surface area (Å²) in [5.74, 6) is 0. The Balaban J connectivity index is 1.74. The van der Waals surface area contributed by atoms with E-state index < -0.39 is 0 Å². The molecule has 1 N–H and O–H groups in total. The zero-order chi connectivity index (χ0) is 16.2. The summed E-state index contributed by atoms with van der Waals surface area (Å²) in [7, 11) is 0. The number of hydrazone groups is 1. The zero-order valence-electron chi connectivity index (χ0n) is 12.9. The molecule has 0 aliphatic rings. The maximum atomic E-state index is 6.20. The van der Waals surface area contributed by atoms with E-state index in [4.69, 9.17) is 11.6 Å². The standard InChI is InChI=1S/C18H16ClN3S/c1-12-6-5-7-14(13(12)2)10-20-22-18-21-17(11-23-18)15-8-3-4-9-16(15)19/h3-11H,1-2H3,(H,21,22)/b20-10+. The number of aryl methyl sites for hydroxylation is 1. The van der Waals surface area contributed by atoms with E-state index in [-0.39, 0.29) is 0 Å². The van der Waals surface area contributed by atoms with Gasteiger partial charge in [-0.25, -0.2) is 4.98 Å². The Morgan fingerprint density at radius 3 is 2.78 bits per heavy atom. The van der Waals surface area contributed by atoms with Gasteiger partial charge in [0.25, 0.3) is 0 Å².